The highest BCUT2D eigenvalue weighted by molar-refractivity contribution is 7.92. The molecule has 0 fully saturated rings. The van der Waals surface area contributed by atoms with Crippen LogP contribution in [0.3, 0.4) is 0 Å². The fraction of sp³-hybridized carbons (Fsp3) is 0.231. The van der Waals surface area contributed by atoms with E-state index in [1.807, 2.05) is 0 Å². The number of aliphatic hydroxyl groups excluding tert-OH is 1. The summed E-state index contributed by atoms with van der Waals surface area (Å²) in [5, 5.41) is 11.5. The molecule has 0 bridgehead atoms. The second kappa shape index (κ2) is 12.0. The predicted molar refractivity (Wildman–Crippen MR) is 147 cm³/mol. The number of anilines is 1. The highest BCUT2D eigenvalue weighted by Gasteiger charge is 2.22. The number of amides is 1. The molecule has 1 atom stereocenters. The van der Waals surface area contributed by atoms with Crippen molar-refractivity contribution in [2.45, 2.75) is 18.4 Å². The van der Waals surface area contributed by atoms with E-state index in [9.17, 15) is 22.4 Å². The number of ether oxygens (including phenoxy) is 1. The number of aromatic nitrogens is 3. The van der Waals surface area contributed by atoms with E-state index >= 15 is 0 Å². The average Bonchev–Trinajstić information content (AvgIpc) is 2.92. The molecule has 0 aliphatic rings. The Hall–Kier alpha value is -4.07. The molecule has 0 saturated carbocycles. The van der Waals surface area contributed by atoms with Crippen LogP contribution in [0.15, 0.2) is 64.7 Å². The zero-order valence-electron chi connectivity index (χ0n) is 21.4. The summed E-state index contributed by atoms with van der Waals surface area (Å²) in [5.41, 5.74) is 1.04. The molecule has 0 spiro atoms. The summed E-state index contributed by atoms with van der Waals surface area (Å²) in [4.78, 5) is 33.6. The van der Waals surface area contributed by atoms with E-state index in [0.717, 1.165) is 18.2 Å². The van der Waals surface area contributed by atoms with Crippen LogP contribution in [0.2, 0.25) is 5.02 Å². The lowest BCUT2D eigenvalue weighted by Gasteiger charge is -2.14. The molecule has 0 unspecified atom stereocenters. The van der Waals surface area contributed by atoms with Crippen molar-refractivity contribution in [1.29, 1.82) is 0 Å². The number of carbonyl (C=O) groups excluding carboxylic acids is 1. The van der Waals surface area contributed by atoms with Gasteiger partial charge in [-0.1, -0.05) is 24.6 Å². The number of methoxy groups -OCH3 is 1. The average molecular weight is 590 g/mol. The van der Waals surface area contributed by atoms with Gasteiger partial charge in [-0.3, -0.25) is 18.9 Å². The summed E-state index contributed by atoms with van der Waals surface area (Å²) in [5.74, 6) is -1.57. The summed E-state index contributed by atoms with van der Waals surface area (Å²) in [7, 11) is -2.92. The molecule has 0 aliphatic carbocycles. The molecule has 4 rings (SSSR count). The van der Waals surface area contributed by atoms with Crippen LogP contribution in [0.25, 0.3) is 22.0 Å². The molecule has 4 aromatic rings. The molecule has 11 nitrogen and oxygen atoms in total. The number of hydrogen-bond acceptors (Lipinski definition) is 8. The lowest BCUT2D eigenvalue weighted by Crippen LogP contribution is -2.35. The molecule has 14 heteroatoms. The van der Waals surface area contributed by atoms with Crippen LogP contribution < -0.4 is 20.3 Å². The van der Waals surface area contributed by atoms with Crippen LogP contribution in [-0.4, -0.2) is 54.2 Å². The van der Waals surface area contributed by atoms with Gasteiger partial charge in [-0.05, 0) is 42.0 Å². The number of aliphatic hydroxyl groups is 1. The molecule has 1 amide bonds. The smallest absolute Gasteiger partial charge is 0.263 e. The first kappa shape index (κ1) is 28.9. The van der Waals surface area contributed by atoms with Gasteiger partial charge in [0.2, 0.25) is 11.8 Å². The number of sulfonamides is 1. The predicted octanol–water partition coefficient (Wildman–Crippen LogP) is 2.80. The van der Waals surface area contributed by atoms with Crippen molar-refractivity contribution in [3.8, 4) is 17.0 Å². The number of benzene rings is 2. The molecular formula is C26H25ClFN5O6S. The first-order valence-electron chi connectivity index (χ1n) is 11.9. The Morgan fingerprint density at radius 3 is 2.65 bits per heavy atom. The normalized spacial score (nSPS) is 12.2. The maximum Gasteiger partial charge on any atom is 0.263 e. The summed E-state index contributed by atoms with van der Waals surface area (Å²) in [6.45, 7) is 1.65. The van der Waals surface area contributed by atoms with Crippen molar-refractivity contribution in [2.75, 3.05) is 25.0 Å². The van der Waals surface area contributed by atoms with Gasteiger partial charge in [-0.2, -0.15) is 0 Å². The van der Waals surface area contributed by atoms with Crippen molar-refractivity contribution in [1.82, 2.24) is 19.9 Å². The third-order valence-electron chi connectivity index (χ3n) is 5.96. The van der Waals surface area contributed by atoms with E-state index in [-0.39, 0.29) is 58.0 Å². The molecule has 2 aromatic carbocycles. The van der Waals surface area contributed by atoms with Gasteiger partial charge in [0.05, 0.1) is 41.9 Å². The fourth-order valence-electron chi connectivity index (χ4n) is 3.94. The molecule has 0 saturated heterocycles. The molecule has 0 radical (unpaired) electrons. The maximum atomic E-state index is 13.4. The van der Waals surface area contributed by atoms with E-state index in [1.165, 1.54) is 30.3 Å². The topological polar surface area (TPSA) is 153 Å². The Morgan fingerprint density at radius 1 is 1.18 bits per heavy atom. The van der Waals surface area contributed by atoms with Crippen LogP contribution in [0.1, 0.15) is 6.92 Å². The Balaban J connectivity index is 1.69. The van der Waals surface area contributed by atoms with Gasteiger partial charge in [0.25, 0.3) is 15.6 Å². The maximum absolute atomic E-state index is 13.4. The fourth-order valence-corrected chi connectivity index (χ4v) is 5.52. The summed E-state index contributed by atoms with van der Waals surface area (Å²) in [6.07, 6.45) is 2.81. The number of pyridine rings is 1. The minimum atomic E-state index is -4.24. The summed E-state index contributed by atoms with van der Waals surface area (Å²) >= 11 is 5.96. The first-order chi connectivity index (χ1) is 19.0. The Morgan fingerprint density at radius 2 is 1.95 bits per heavy atom. The highest BCUT2D eigenvalue weighted by Crippen LogP contribution is 2.32. The zero-order valence-corrected chi connectivity index (χ0v) is 23.0. The highest BCUT2D eigenvalue weighted by atomic mass is 35.5. The molecule has 3 N–H and O–H groups in total. The first-order valence-corrected chi connectivity index (χ1v) is 13.8. The van der Waals surface area contributed by atoms with Gasteiger partial charge >= 0.3 is 0 Å². The van der Waals surface area contributed by atoms with E-state index in [2.05, 4.69) is 20.0 Å². The summed E-state index contributed by atoms with van der Waals surface area (Å²) in [6, 6.07) is 9.32. The van der Waals surface area contributed by atoms with E-state index in [0.29, 0.717) is 16.6 Å². The van der Waals surface area contributed by atoms with Crippen molar-refractivity contribution < 1.29 is 27.4 Å². The quantitative estimate of drug-likeness (QED) is 0.255. The molecular weight excluding hydrogens is 565 g/mol. The Bertz CT molecular complexity index is 1750. The number of carbonyl (C=O) groups is 1. The number of nitrogens with one attached hydrogen (secondary N) is 2. The van der Waals surface area contributed by atoms with E-state index < -0.39 is 21.8 Å². The number of rotatable bonds is 10. The standard InChI is InChI=1S/C26H25ClFN5O6S/c1-15(24(35)29-7-8-34)13-33-14-31-21-5-3-16(9-19(21)26(33)36)17-10-22(25(39-2)30-12-17)32-40(37,38)23-6-4-18(28)11-20(23)27/h3-6,9-12,14-15,32,34H,7-8,13H2,1-2H3,(H,29,35)/t15-/m1/s1. The van der Waals surface area contributed by atoms with Crippen LogP contribution in [0.4, 0.5) is 10.1 Å². The van der Waals surface area contributed by atoms with Crippen molar-refractivity contribution >= 4 is 44.1 Å². The van der Waals surface area contributed by atoms with Crippen LogP contribution in [0.5, 0.6) is 5.88 Å². The molecule has 210 valence electrons. The van der Waals surface area contributed by atoms with Crippen LogP contribution >= 0.6 is 11.6 Å². The molecule has 2 heterocycles. The number of halogens is 2. The van der Waals surface area contributed by atoms with Gasteiger partial charge in [0.1, 0.15) is 16.4 Å². The number of fused-ring (bicyclic) bond motifs is 1. The lowest BCUT2D eigenvalue weighted by molar-refractivity contribution is -0.125. The van der Waals surface area contributed by atoms with Gasteiger partial charge in [-0.15, -0.1) is 0 Å². The van der Waals surface area contributed by atoms with Gasteiger partial charge in [-0.25, -0.2) is 22.8 Å². The second-order valence-electron chi connectivity index (χ2n) is 8.81. The van der Waals surface area contributed by atoms with Gasteiger partial charge in [0.15, 0.2) is 0 Å². The number of hydrogen-bond donors (Lipinski definition) is 3. The van der Waals surface area contributed by atoms with Crippen molar-refractivity contribution in [3.05, 3.63) is 76.2 Å². The van der Waals surface area contributed by atoms with Gasteiger partial charge < -0.3 is 15.2 Å². The van der Waals surface area contributed by atoms with E-state index in [1.54, 1.807) is 25.1 Å². The molecule has 40 heavy (non-hydrogen) atoms. The summed E-state index contributed by atoms with van der Waals surface area (Å²) < 4.78 is 48.4. The van der Waals surface area contributed by atoms with E-state index in [4.69, 9.17) is 21.4 Å². The lowest BCUT2D eigenvalue weighted by atomic mass is 10.0. The minimum Gasteiger partial charge on any atom is -0.480 e. The van der Waals surface area contributed by atoms with Crippen LogP contribution in [0, 0.1) is 11.7 Å². The third kappa shape index (κ3) is 6.22. The monoisotopic (exact) mass is 589 g/mol. The second-order valence-corrected chi connectivity index (χ2v) is 10.9. The number of nitrogens with zero attached hydrogens (tertiary/aromatic N) is 3. The van der Waals surface area contributed by atoms with Crippen molar-refractivity contribution in [2.24, 2.45) is 5.92 Å². The Labute approximate surface area is 233 Å². The van der Waals surface area contributed by atoms with Gasteiger partial charge in [0, 0.05) is 24.8 Å². The largest absolute Gasteiger partial charge is 0.480 e. The third-order valence-corrected chi connectivity index (χ3v) is 7.81. The molecule has 2 aromatic heterocycles. The Kier molecular flexibility index (Phi) is 8.67. The van der Waals surface area contributed by atoms with Crippen molar-refractivity contribution in [3.63, 3.8) is 0 Å². The molecule has 0 aliphatic heterocycles. The minimum absolute atomic E-state index is 0.00759. The SMILES string of the molecule is COc1ncc(-c2ccc3ncn(C[C@@H](C)C(=O)NCCO)c(=O)c3c2)cc1NS(=O)(=O)c1ccc(F)cc1Cl. The van der Waals surface area contributed by atoms with Crippen LogP contribution in [-0.2, 0) is 21.4 Å². The zero-order chi connectivity index (χ0) is 29.0.